The first-order chi connectivity index (χ1) is 8.69. The topological polar surface area (TPSA) is 17.8 Å². The lowest BCUT2D eigenvalue weighted by Gasteiger charge is -2.11. The largest absolute Gasteiger partial charge is 0.237 e. The molecule has 2 aromatic rings. The van der Waals surface area contributed by atoms with Gasteiger partial charge in [0, 0.05) is 11.6 Å². The van der Waals surface area contributed by atoms with E-state index < -0.39 is 0 Å². The molecule has 0 bridgehead atoms. The van der Waals surface area contributed by atoms with Crippen LogP contribution in [0.4, 0.5) is 0 Å². The molecule has 0 saturated heterocycles. The van der Waals surface area contributed by atoms with Crippen LogP contribution in [0.3, 0.4) is 0 Å². The first kappa shape index (κ1) is 13.2. The molecule has 0 fully saturated rings. The van der Waals surface area contributed by atoms with Crippen molar-refractivity contribution in [3.8, 4) is 5.69 Å². The van der Waals surface area contributed by atoms with Crippen molar-refractivity contribution in [2.24, 2.45) is 0 Å². The molecule has 0 atom stereocenters. The van der Waals surface area contributed by atoms with E-state index in [-0.39, 0.29) is 0 Å². The minimum atomic E-state index is 0.515. The lowest BCUT2D eigenvalue weighted by molar-refractivity contribution is 0.788. The summed E-state index contributed by atoms with van der Waals surface area (Å²) in [6.45, 7) is 6.37. The molecule has 2 rings (SSSR count). The van der Waals surface area contributed by atoms with Gasteiger partial charge < -0.3 is 0 Å². The predicted molar refractivity (Wildman–Crippen MR) is 76.6 cm³/mol. The van der Waals surface area contributed by atoms with Gasteiger partial charge >= 0.3 is 0 Å². The zero-order chi connectivity index (χ0) is 13.1. The van der Waals surface area contributed by atoms with E-state index in [9.17, 15) is 0 Å². The van der Waals surface area contributed by atoms with E-state index in [0.717, 1.165) is 29.8 Å². The number of hydrogen-bond acceptors (Lipinski definition) is 1. The van der Waals surface area contributed by atoms with Gasteiger partial charge in [0.15, 0.2) is 0 Å². The van der Waals surface area contributed by atoms with Crippen molar-refractivity contribution in [3.05, 3.63) is 46.8 Å². The quantitative estimate of drug-likeness (QED) is 0.761. The first-order valence-electron chi connectivity index (χ1n) is 6.43. The molecular formula is C15H19ClN2. The number of halogens is 1. The molecule has 1 aromatic carbocycles. The number of aryl methyl sites for hydroxylation is 3. The summed E-state index contributed by atoms with van der Waals surface area (Å²) in [5.41, 5.74) is 5.84. The van der Waals surface area contributed by atoms with Gasteiger partial charge in [-0.2, -0.15) is 5.10 Å². The lowest BCUT2D eigenvalue weighted by Crippen LogP contribution is -2.05. The molecule has 0 unspecified atom stereocenters. The zero-order valence-corrected chi connectivity index (χ0v) is 12.0. The van der Waals surface area contributed by atoms with E-state index >= 15 is 0 Å². The number of nitrogens with zero attached hydrogens (tertiary/aromatic N) is 2. The molecule has 18 heavy (non-hydrogen) atoms. The number of aromatic nitrogens is 2. The standard InChI is InChI=1S/C15H19ClN2/c1-4-13-9-14(5-2)18(17-13)15-7-6-11(3)8-12(15)10-16/h6-9H,4-5,10H2,1-3H3. The molecular weight excluding hydrogens is 244 g/mol. The molecule has 1 aromatic heterocycles. The van der Waals surface area contributed by atoms with Gasteiger partial charge in [-0.1, -0.05) is 31.5 Å². The fraction of sp³-hybridized carbons (Fsp3) is 0.400. The Bertz CT molecular complexity index is 543. The highest BCUT2D eigenvalue weighted by Crippen LogP contribution is 2.21. The van der Waals surface area contributed by atoms with Crippen LogP contribution in [0.25, 0.3) is 5.69 Å². The molecule has 0 saturated carbocycles. The maximum absolute atomic E-state index is 6.05. The van der Waals surface area contributed by atoms with Crippen LogP contribution < -0.4 is 0 Å². The van der Waals surface area contributed by atoms with Crippen molar-refractivity contribution >= 4 is 11.6 Å². The molecule has 0 aliphatic rings. The number of alkyl halides is 1. The maximum atomic E-state index is 6.05. The Hall–Kier alpha value is -1.28. The Morgan fingerprint density at radius 2 is 1.94 bits per heavy atom. The van der Waals surface area contributed by atoms with E-state index in [4.69, 9.17) is 11.6 Å². The Kier molecular flexibility index (Phi) is 4.07. The fourth-order valence-electron chi connectivity index (χ4n) is 2.14. The van der Waals surface area contributed by atoms with Crippen LogP contribution in [0, 0.1) is 6.92 Å². The molecule has 0 spiro atoms. The normalized spacial score (nSPS) is 10.9. The van der Waals surface area contributed by atoms with Gasteiger partial charge in [0.1, 0.15) is 0 Å². The van der Waals surface area contributed by atoms with Crippen LogP contribution in [0.1, 0.15) is 36.4 Å². The summed E-state index contributed by atoms with van der Waals surface area (Å²) < 4.78 is 2.04. The highest BCUT2D eigenvalue weighted by molar-refractivity contribution is 6.17. The van der Waals surface area contributed by atoms with Crippen LogP contribution in [-0.2, 0) is 18.7 Å². The molecule has 3 heteroatoms. The summed E-state index contributed by atoms with van der Waals surface area (Å²) in [6.07, 6.45) is 1.94. The summed E-state index contributed by atoms with van der Waals surface area (Å²) in [5.74, 6) is 0.515. The van der Waals surface area contributed by atoms with Crippen LogP contribution in [0.5, 0.6) is 0 Å². The summed E-state index contributed by atoms with van der Waals surface area (Å²) in [4.78, 5) is 0. The Morgan fingerprint density at radius 1 is 1.17 bits per heavy atom. The summed E-state index contributed by atoms with van der Waals surface area (Å²) in [6, 6.07) is 8.53. The molecule has 0 N–H and O–H groups in total. The van der Waals surface area contributed by atoms with Gasteiger partial charge in [-0.3, -0.25) is 0 Å². The highest BCUT2D eigenvalue weighted by Gasteiger charge is 2.10. The van der Waals surface area contributed by atoms with Gasteiger partial charge in [-0.15, -0.1) is 11.6 Å². The minimum absolute atomic E-state index is 0.515. The van der Waals surface area contributed by atoms with Crippen molar-refractivity contribution in [3.63, 3.8) is 0 Å². The predicted octanol–water partition coefficient (Wildman–Crippen LogP) is 4.04. The van der Waals surface area contributed by atoms with Gasteiger partial charge in [-0.25, -0.2) is 4.68 Å². The summed E-state index contributed by atoms with van der Waals surface area (Å²) in [5, 5.41) is 4.67. The molecule has 96 valence electrons. The lowest BCUT2D eigenvalue weighted by atomic mass is 10.1. The summed E-state index contributed by atoms with van der Waals surface area (Å²) >= 11 is 6.05. The van der Waals surface area contributed by atoms with E-state index in [2.05, 4.69) is 50.1 Å². The van der Waals surface area contributed by atoms with E-state index in [1.807, 2.05) is 4.68 Å². The van der Waals surface area contributed by atoms with Gasteiger partial charge in [0.05, 0.1) is 11.4 Å². The second-order valence-electron chi connectivity index (χ2n) is 4.51. The summed E-state index contributed by atoms with van der Waals surface area (Å²) in [7, 11) is 0. The van der Waals surface area contributed by atoms with Crippen molar-refractivity contribution < 1.29 is 0 Å². The van der Waals surface area contributed by atoms with Gasteiger partial charge in [0.2, 0.25) is 0 Å². The second-order valence-corrected chi connectivity index (χ2v) is 4.78. The molecule has 0 aliphatic heterocycles. The van der Waals surface area contributed by atoms with Crippen LogP contribution in [0.15, 0.2) is 24.3 Å². The smallest absolute Gasteiger partial charge is 0.0693 e. The second kappa shape index (κ2) is 5.57. The van der Waals surface area contributed by atoms with Crippen LogP contribution in [0.2, 0.25) is 0 Å². The average molecular weight is 263 g/mol. The third kappa shape index (κ3) is 2.44. The van der Waals surface area contributed by atoms with E-state index in [1.54, 1.807) is 0 Å². The van der Waals surface area contributed by atoms with Crippen LogP contribution in [-0.4, -0.2) is 9.78 Å². The van der Waals surface area contributed by atoms with E-state index in [0.29, 0.717) is 5.88 Å². The monoisotopic (exact) mass is 262 g/mol. The van der Waals surface area contributed by atoms with E-state index in [1.165, 1.54) is 11.3 Å². The average Bonchev–Trinajstić information content (AvgIpc) is 2.81. The Morgan fingerprint density at radius 3 is 2.56 bits per heavy atom. The third-order valence-corrected chi connectivity index (χ3v) is 3.45. The molecule has 0 aliphatic carbocycles. The minimum Gasteiger partial charge on any atom is -0.237 e. The first-order valence-corrected chi connectivity index (χ1v) is 6.96. The number of benzene rings is 1. The van der Waals surface area contributed by atoms with Gasteiger partial charge in [0.25, 0.3) is 0 Å². The Labute approximate surface area is 114 Å². The number of rotatable bonds is 4. The van der Waals surface area contributed by atoms with Crippen molar-refractivity contribution in [1.29, 1.82) is 0 Å². The van der Waals surface area contributed by atoms with Crippen molar-refractivity contribution in [2.45, 2.75) is 39.5 Å². The Balaban J connectivity index is 2.56. The maximum Gasteiger partial charge on any atom is 0.0693 e. The number of hydrogen-bond donors (Lipinski definition) is 0. The molecule has 0 radical (unpaired) electrons. The van der Waals surface area contributed by atoms with Crippen molar-refractivity contribution in [1.82, 2.24) is 9.78 Å². The SMILES string of the molecule is CCc1cc(CC)n(-c2ccc(C)cc2CCl)n1. The highest BCUT2D eigenvalue weighted by atomic mass is 35.5. The van der Waals surface area contributed by atoms with Gasteiger partial charge in [-0.05, 0) is 37.5 Å². The molecule has 1 heterocycles. The molecule has 0 amide bonds. The zero-order valence-electron chi connectivity index (χ0n) is 11.2. The fourth-order valence-corrected chi connectivity index (χ4v) is 2.35. The van der Waals surface area contributed by atoms with Crippen LogP contribution >= 0.6 is 11.6 Å². The van der Waals surface area contributed by atoms with Crippen molar-refractivity contribution in [2.75, 3.05) is 0 Å². The third-order valence-electron chi connectivity index (χ3n) is 3.17. The molecule has 2 nitrogen and oxygen atoms in total.